The summed E-state index contributed by atoms with van der Waals surface area (Å²) in [6.45, 7) is 3.94. The van der Waals surface area contributed by atoms with Gasteiger partial charge in [0.05, 0.1) is 18.1 Å². The Morgan fingerprint density at radius 1 is 1.45 bits per heavy atom. The van der Waals surface area contributed by atoms with Crippen LogP contribution in [0.1, 0.15) is 25.0 Å². The molecule has 2 aromatic rings. The Balaban J connectivity index is 2.16. The highest BCUT2D eigenvalue weighted by atomic mass is 16.5. The largest absolute Gasteiger partial charge is 0.481 e. The second-order valence-electron chi connectivity index (χ2n) is 5.70. The number of ether oxygens (including phenoxy) is 1. The van der Waals surface area contributed by atoms with Crippen molar-refractivity contribution in [3.63, 3.8) is 0 Å². The molecule has 0 aliphatic carbocycles. The van der Waals surface area contributed by atoms with Gasteiger partial charge in [0.25, 0.3) is 0 Å². The van der Waals surface area contributed by atoms with Crippen molar-refractivity contribution in [2.45, 2.75) is 25.8 Å². The first-order valence-electron chi connectivity index (χ1n) is 6.99. The lowest BCUT2D eigenvalue weighted by Crippen LogP contribution is -2.28. The third-order valence-electron chi connectivity index (χ3n) is 3.66. The van der Waals surface area contributed by atoms with Crippen molar-refractivity contribution in [2.24, 2.45) is 7.05 Å². The summed E-state index contributed by atoms with van der Waals surface area (Å²) < 4.78 is 6.91. The minimum atomic E-state index is -0.927. The first kappa shape index (κ1) is 15.9. The number of nitrogens with zero attached hydrogens (tertiary/aromatic N) is 2. The fourth-order valence-electron chi connectivity index (χ4n) is 2.15. The van der Waals surface area contributed by atoms with Gasteiger partial charge < -0.3 is 15.2 Å². The molecular weight excluding hydrogens is 282 g/mol. The molecule has 1 aromatic carbocycles. The number of benzene rings is 1. The van der Waals surface area contributed by atoms with Crippen LogP contribution in [0.25, 0.3) is 0 Å². The van der Waals surface area contributed by atoms with Crippen molar-refractivity contribution in [3.05, 3.63) is 41.6 Å². The molecule has 1 heterocycles. The Morgan fingerprint density at radius 3 is 2.82 bits per heavy atom. The number of hydrogen-bond acceptors (Lipinski definition) is 4. The van der Waals surface area contributed by atoms with E-state index in [9.17, 15) is 9.90 Å². The van der Waals surface area contributed by atoms with Crippen LogP contribution in [0.5, 0.6) is 5.88 Å². The Labute approximate surface area is 129 Å². The second-order valence-corrected chi connectivity index (χ2v) is 5.70. The van der Waals surface area contributed by atoms with Gasteiger partial charge in [-0.05, 0) is 31.5 Å². The molecule has 0 amide bonds. The zero-order valence-electron chi connectivity index (χ0n) is 13.3. The van der Waals surface area contributed by atoms with Crippen molar-refractivity contribution in [2.75, 3.05) is 12.4 Å². The minimum Gasteiger partial charge on any atom is -0.481 e. The molecule has 0 aliphatic heterocycles. The van der Waals surface area contributed by atoms with Gasteiger partial charge in [0.1, 0.15) is 0 Å². The standard InChI is InChI=1S/C16H21N3O3/c1-16(2,15(20)21)12-6-5-7-13(8-12)17-9-11-10-19(3)18-14(11)22-4/h5-8,10,17H,9H2,1-4H3,(H,20,21). The van der Waals surface area contributed by atoms with Crippen molar-refractivity contribution >= 4 is 11.7 Å². The van der Waals surface area contributed by atoms with E-state index in [2.05, 4.69) is 10.4 Å². The SMILES string of the molecule is COc1nn(C)cc1CNc1cccc(C(C)(C)C(=O)O)c1. The molecule has 0 fully saturated rings. The number of methoxy groups -OCH3 is 1. The molecule has 0 aliphatic rings. The summed E-state index contributed by atoms with van der Waals surface area (Å²) in [4.78, 5) is 11.4. The summed E-state index contributed by atoms with van der Waals surface area (Å²) in [6.07, 6.45) is 1.89. The topological polar surface area (TPSA) is 76.4 Å². The van der Waals surface area contributed by atoms with E-state index in [1.807, 2.05) is 37.5 Å². The zero-order chi connectivity index (χ0) is 16.3. The molecule has 0 saturated heterocycles. The molecule has 118 valence electrons. The van der Waals surface area contributed by atoms with Gasteiger partial charge in [0.2, 0.25) is 5.88 Å². The molecule has 0 spiro atoms. The smallest absolute Gasteiger partial charge is 0.313 e. The van der Waals surface area contributed by atoms with Crippen LogP contribution in [-0.2, 0) is 23.8 Å². The molecule has 0 saturated carbocycles. The predicted molar refractivity (Wildman–Crippen MR) is 84.2 cm³/mol. The van der Waals surface area contributed by atoms with Crippen molar-refractivity contribution < 1.29 is 14.6 Å². The van der Waals surface area contributed by atoms with E-state index >= 15 is 0 Å². The molecule has 0 bridgehead atoms. The molecule has 2 N–H and O–H groups in total. The number of hydrogen-bond donors (Lipinski definition) is 2. The Bertz CT molecular complexity index is 677. The lowest BCUT2D eigenvalue weighted by Gasteiger charge is -2.20. The van der Waals surface area contributed by atoms with Crippen LogP contribution in [0, 0.1) is 0 Å². The van der Waals surface area contributed by atoms with Gasteiger partial charge in [0.15, 0.2) is 0 Å². The van der Waals surface area contributed by atoms with Gasteiger partial charge in [-0.3, -0.25) is 9.48 Å². The van der Waals surface area contributed by atoms with Crippen LogP contribution >= 0.6 is 0 Å². The highest BCUT2D eigenvalue weighted by Crippen LogP contribution is 2.26. The van der Waals surface area contributed by atoms with E-state index in [1.54, 1.807) is 25.6 Å². The summed E-state index contributed by atoms with van der Waals surface area (Å²) in [6, 6.07) is 7.44. The Morgan fingerprint density at radius 2 is 2.18 bits per heavy atom. The molecule has 22 heavy (non-hydrogen) atoms. The summed E-state index contributed by atoms with van der Waals surface area (Å²) in [5, 5.41) is 16.8. The molecule has 2 rings (SSSR count). The molecule has 0 radical (unpaired) electrons. The lowest BCUT2D eigenvalue weighted by atomic mass is 9.84. The quantitative estimate of drug-likeness (QED) is 0.857. The fraction of sp³-hybridized carbons (Fsp3) is 0.375. The maximum absolute atomic E-state index is 11.4. The third-order valence-corrected chi connectivity index (χ3v) is 3.66. The van der Waals surface area contributed by atoms with E-state index in [1.165, 1.54) is 0 Å². The number of carboxylic acid groups (broad SMARTS) is 1. The van der Waals surface area contributed by atoms with Gasteiger partial charge in [0, 0.05) is 25.5 Å². The number of anilines is 1. The molecule has 0 unspecified atom stereocenters. The summed E-state index contributed by atoms with van der Waals surface area (Å²) in [5.74, 6) is -0.268. The predicted octanol–water partition coefficient (Wildman–Crippen LogP) is 2.40. The van der Waals surface area contributed by atoms with Crippen LogP contribution in [0.15, 0.2) is 30.5 Å². The Kier molecular flexibility index (Phi) is 4.40. The maximum Gasteiger partial charge on any atom is 0.313 e. The van der Waals surface area contributed by atoms with Gasteiger partial charge in [-0.1, -0.05) is 12.1 Å². The first-order chi connectivity index (χ1) is 10.3. The molecule has 0 atom stereocenters. The van der Waals surface area contributed by atoms with Crippen molar-refractivity contribution in [1.82, 2.24) is 9.78 Å². The number of aromatic nitrogens is 2. The monoisotopic (exact) mass is 303 g/mol. The van der Waals surface area contributed by atoms with Crippen LogP contribution in [-0.4, -0.2) is 28.0 Å². The summed E-state index contributed by atoms with van der Waals surface area (Å²) >= 11 is 0. The second kappa shape index (κ2) is 6.09. The zero-order valence-corrected chi connectivity index (χ0v) is 13.3. The lowest BCUT2D eigenvalue weighted by molar-refractivity contribution is -0.142. The first-order valence-corrected chi connectivity index (χ1v) is 6.99. The molecule has 1 aromatic heterocycles. The molecule has 6 nitrogen and oxygen atoms in total. The number of nitrogens with one attached hydrogen (secondary N) is 1. The maximum atomic E-state index is 11.4. The van der Waals surface area contributed by atoms with Gasteiger partial charge >= 0.3 is 5.97 Å². The average Bonchev–Trinajstić information content (AvgIpc) is 2.85. The average molecular weight is 303 g/mol. The number of carboxylic acids is 1. The van der Waals surface area contributed by atoms with E-state index in [0.717, 1.165) is 16.8 Å². The molecule has 6 heteroatoms. The number of aryl methyl sites for hydroxylation is 1. The van der Waals surface area contributed by atoms with Crippen LogP contribution in [0.3, 0.4) is 0 Å². The number of aliphatic carboxylic acids is 1. The van der Waals surface area contributed by atoms with Crippen LogP contribution < -0.4 is 10.1 Å². The molecular formula is C16H21N3O3. The number of rotatable bonds is 6. The normalized spacial score (nSPS) is 11.3. The minimum absolute atomic E-state index is 0.550. The number of carbonyl (C=O) groups is 1. The summed E-state index contributed by atoms with van der Waals surface area (Å²) in [5.41, 5.74) is 1.62. The van der Waals surface area contributed by atoms with E-state index in [-0.39, 0.29) is 0 Å². The van der Waals surface area contributed by atoms with Crippen LogP contribution in [0.2, 0.25) is 0 Å². The van der Waals surface area contributed by atoms with Crippen LogP contribution in [0.4, 0.5) is 5.69 Å². The van der Waals surface area contributed by atoms with E-state index < -0.39 is 11.4 Å². The third kappa shape index (κ3) is 3.21. The Hall–Kier alpha value is -2.50. The highest BCUT2D eigenvalue weighted by Gasteiger charge is 2.29. The fourth-order valence-corrected chi connectivity index (χ4v) is 2.15. The van der Waals surface area contributed by atoms with E-state index in [4.69, 9.17) is 4.74 Å². The van der Waals surface area contributed by atoms with Crippen molar-refractivity contribution in [1.29, 1.82) is 0 Å². The summed E-state index contributed by atoms with van der Waals surface area (Å²) in [7, 11) is 3.42. The van der Waals surface area contributed by atoms with Gasteiger partial charge in [-0.25, -0.2) is 0 Å². The van der Waals surface area contributed by atoms with Crippen molar-refractivity contribution in [3.8, 4) is 5.88 Å². The highest BCUT2D eigenvalue weighted by molar-refractivity contribution is 5.80. The van der Waals surface area contributed by atoms with Gasteiger partial charge in [-0.2, -0.15) is 0 Å². The van der Waals surface area contributed by atoms with E-state index in [0.29, 0.717) is 12.4 Å². The van der Waals surface area contributed by atoms with Gasteiger partial charge in [-0.15, -0.1) is 5.10 Å².